The predicted octanol–water partition coefficient (Wildman–Crippen LogP) is 3.24. The van der Waals surface area contributed by atoms with Crippen LogP contribution in [-0.4, -0.2) is 25.5 Å². The quantitative estimate of drug-likeness (QED) is 0.864. The number of benzene rings is 1. The third-order valence-corrected chi connectivity index (χ3v) is 3.23. The largest absolute Gasteiger partial charge is 0.459 e. The van der Waals surface area contributed by atoms with Gasteiger partial charge in [0, 0.05) is 24.0 Å². The SMILES string of the molecule is CNCc1c(CN(C)CC(C)C)oc2ccccc12. The molecule has 19 heavy (non-hydrogen) atoms. The average molecular weight is 260 g/mol. The molecular weight excluding hydrogens is 236 g/mol. The number of para-hydroxylation sites is 1. The van der Waals surface area contributed by atoms with Crippen LogP contribution in [0.1, 0.15) is 25.2 Å². The summed E-state index contributed by atoms with van der Waals surface area (Å²) in [5.41, 5.74) is 2.27. The van der Waals surface area contributed by atoms with Gasteiger partial charge in [-0.2, -0.15) is 0 Å². The Balaban J connectivity index is 2.28. The number of rotatable bonds is 6. The highest BCUT2D eigenvalue weighted by Crippen LogP contribution is 2.26. The summed E-state index contributed by atoms with van der Waals surface area (Å²) >= 11 is 0. The fraction of sp³-hybridized carbons (Fsp3) is 0.500. The summed E-state index contributed by atoms with van der Waals surface area (Å²) in [5, 5.41) is 4.46. The van der Waals surface area contributed by atoms with Gasteiger partial charge in [-0.3, -0.25) is 4.90 Å². The third kappa shape index (κ3) is 3.37. The van der Waals surface area contributed by atoms with E-state index in [1.807, 2.05) is 19.2 Å². The Hall–Kier alpha value is -1.32. The van der Waals surface area contributed by atoms with Gasteiger partial charge in [-0.05, 0) is 26.1 Å². The summed E-state index contributed by atoms with van der Waals surface area (Å²) in [6, 6.07) is 8.27. The molecule has 0 unspecified atom stereocenters. The molecule has 3 nitrogen and oxygen atoms in total. The molecule has 0 bridgehead atoms. The standard InChI is InChI=1S/C16H24N2O/c1-12(2)10-18(4)11-16-14(9-17-3)13-7-5-6-8-15(13)19-16/h5-8,12,17H,9-11H2,1-4H3. The van der Waals surface area contributed by atoms with E-state index in [-0.39, 0.29) is 0 Å². The second-order valence-electron chi connectivity index (χ2n) is 5.62. The lowest BCUT2D eigenvalue weighted by molar-refractivity contribution is 0.266. The van der Waals surface area contributed by atoms with Gasteiger partial charge in [0.1, 0.15) is 11.3 Å². The minimum absolute atomic E-state index is 0.669. The van der Waals surface area contributed by atoms with Crippen LogP contribution in [0, 0.1) is 5.92 Å². The maximum absolute atomic E-state index is 6.02. The molecule has 0 radical (unpaired) electrons. The first kappa shape index (κ1) is 14.1. The van der Waals surface area contributed by atoms with Crippen LogP contribution in [-0.2, 0) is 13.1 Å². The predicted molar refractivity (Wildman–Crippen MR) is 80.1 cm³/mol. The van der Waals surface area contributed by atoms with Gasteiger partial charge in [0.2, 0.25) is 0 Å². The van der Waals surface area contributed by atoms with Gasteiger partial charge < -0.3 is 9.73 Å². The van der Waals surface area contributed by atoms with Crippen molar-refractivity contribution < 1.29 is 4.42 Å². The number of nitrogens with zero attached hydrogens (tertiary/aromatic N) is 1. The van der Waals surface area contributed by atoms with Crippen molar-refractivity contribution in [1.29, 1.82) is 0 Å². The number of nitrogens with one attached hydrogen (secondary N) is 1. The van der Waals surface area contributed by atoms with Gasteiger partial charge in [-0.1, -0.05) is 32.0 Å². The molecule has 3 heteroatoms. The van der Waals surface area contributed by atoms with Crippen molar-refractivity contribution in [1.82, 2.24) is 10.2 Å². The first-order valence-electron chi connectivity index (χ1n) is 6.94. The Morgan fingerprint density at radius 1 is 1.26 bits per heavy atom. The average Bonchev–Trinajstić information content (AvgIpc) is 2.67. The van der Waals surface area contributed by atoms with Crippen LogP contribution < -0.4 is 5.32 Å². The van der Waals surface area contributed by atoms with E-state index in [4.69, 9.17) is 4.42 Å². The summed E-state index contributed by atoms with van der Waals surface area (Å²) in [5.74, 6) is 1.75. The molecule has 0 aliphatic heterocycles. The van der Waals surface area contributed by atoms with Gasteiger partial charge in [0.25, 0.3) is 0 Å². The van der Waals surface area contributed by atoms with E-state index >= 15 is 0 Å². The smallest absolute Gasteiger partial charge is 0.134 e. The monoisotopic (exact) mass is 260 g/mol. The zero-order valence-electron chi connectivity index (χ0n) is 12.4. The van der Waals surface area contributed by atoms with Crippen LogP contribution in [0.3, 0.4) is 0 Å². The zero-order valence-corrected chi connectivity index (χ0v) is 12.4. The van der Waals surface area contributed by atoms with Crippen LogP contribution in [0.2, 0.25) is 0 Å². The lowest BCUT2D eigenvalue weighted by Gasteiger charge is -2.18. The van der Waals surface area contributed by atoms with Gasteiger partial charge in [0.15, 0.2) is 0 Å². The molecule has 0 fully saturated rings. The molecule has 2 rings (SSSR count). The second kappa shape index (κ2) is 6.22. The zero-order chi connectivity index (χ0) is 13.8. The van der Waals surface area contributed by atoms with Gasteiger partial charge in [0.05, 0.1) is 6.54 Å². The minimum Gasteiger partial charge on any atom is -0.459 e. The third-order valence-electron chi connectivity index (χ3n) is 3.23. The van der Waals surface area contributed by atoms with Crippen molar-refractivity contribution in [2.75, 3.05) is 20.6 Å². The molecule has 0 amide bonds. The molecule has 2 aromatic rings. The van der Waals surface area contributed by atoms with Crippen molar-refractivity contribution in [3.63, 3.8) is 0 Å². The first-order chi connectivity index (χ1) is 9.11. The van der Waals surface area contributed by atoms with Crippen molar-refractivity contribution in [3.8, 4) is 0 Å². The Kier molecular flexibility index (Phi) is 4.61. The summed E-state index contributed by atoms with van der Waals surface area (Å²) in [6.45, 7) is 7.27. The molecule has 0 atom stereocenters. The van der Waals surface area contributed by atoms with Gasteiger partial charge in [-0.15, -0.1) is 0 Å². The molecule has 0 spiro atoms. The first-order valence-corrected chi connectivity index (χ1v) is 6.94. The van der Waals surface area contributed by atoms with Crippen molar-refractivity contribution in [2.45, 2.75) is 26.9 Å². The van der Waals surface area contributed by atoms with E-state index in [0.29, 0.717) is 5.92 Å². The molecule has 1 aromatic carbocycles. The fourth-order valence-corrected chi connectivity index (χ4v) is 2.58. The van der Waals surface area contributed by atoms with Crippen LogP contribution in [0.25, 0.3) is 11.0 Å². The molecule has 0 saturated heterocycles. The maximum atomic E-state index is 6.02. The van der Waals surface area contributed by atoms with Crippen LogP contribution >= 0.6 is 0 Å². The number of hydrogen-bond donors (Lipinski definition) is 1. The normalized spacial score (nSPS) is 11.9. The fourth-order valence-electron chi connectivity index (χ4n) is 2.58. The van der Waals surface area contributed by atoms with Crippen molar-refractivity contribution in [3.05, 3.63) is 35.6 Å². The van der Waals surface area contributed by atoms with Crippen molar-refractivity contribution >= 4 is 11.0 Å². The van der Waals surface area contributed by atoms with Gasteiger partial charge in [-0.25, -0.2) is 0 Å². The molecule has 1 aromatic heterocycles. The Labute approximate surface area is 115 Å². The molecule has 0 saturated carbocycles. The van der Waals surface area contributed by atoms with Gasteiger partial charge >= 0.3 is 0 Å². The molecule has 104 valence electrons. The molecule has 1 N–H and O–H groups in total. The summed E-state index contributed by atoms with van der Waals surface area (Å²) in [7, 11) is 4.12. The second-order valence-corrected chi connectivity index (χ2v) is 5.62. The number of hydrogen-bond acceptors (Lipinski definition) is 3. The highest BCUT2D eigenvalue weighted by molar-refractivity contribution is 5.82. The molecule has 0 aliphatic rings. The molecule has 0 aliphatic carbocycles. The van der Waals surface area contributed by atoms with E-state index in [9.17, 15) is 0 Å². The van der Waals surface area contributed by atoms with Crippen LogP contribution in [0.4, 0.5) is 0 Å². The Morgan fingerprint density at radius 2 is 2.00 bits per heavy atom. The lowest BCUT2D eigenvalue weighted by Crippen LogP contribution is -2.23. The van der Waals surface area contributed by atoms with E-state index in [0.717, 1.165) is 31.0 Å². The topological polar surface area (TPSA) is 28.4 Å². The van der Waals surface area contributed by atoms with Crippen LogP contribution in [0.5, 0.6) is 0 Å². The summed E-state index contributed by atoms with van der Waals surface area (Å²) in [4.78, 5) is 2.32. The molecule has 1 heterocycles. The maximum Gasteiger partial charge on any atom is 0.134 e. The van der Waals surface area contributed by atoms with Crippen LogP contribution in [0.15, 0.2) is 28.7 Å². The minimum atomic E-state index is 0.669. The van der Waals surface area contributed by atoms with E-state index in [1.165, 1.54) is 10.9 Å². The highest BCUT2D eigenvalue weighted by Gasteiger charge is 2.15. The Bertz CT molecular complexity index is 531. The number of fused-ring (bicyclic) bond motifs is 1. The van der Waals surface area contributed by atoms with E-state index in [1.54, 1.807) is 0 Å². The summed E-state index contributed by atoms with van der Waals surface area (Å²) < 4.78 is 6.02. The Morgan fingerprint density at radius 3 is 2.68 bits per heavy atom. The van der Waals surface area contributed by atoms with Crippen molar-refractivity contribution in [2.24, 2.45) is 5.92 Å². The lowest BCUT2D eigenvalue weighted by atomic mass is 10.1. The van der Waals surface area contributed by atoms with E-state index < -0.39 is 0 Å². The summed E-state index contributed by atoms with van der Waals surface area (Å²) in [6.07, 6.45) is 0. The van der Waals surface area contributed by atoms with E-state index in [2.05, 4.69) is 43.2 Å². The number of furan rings is 1. The highest BCUT2D eigenvalue weighted by atomic mass is 16.3. The molecular formula is C16H24N2O.